The zero-order valence-corrected chi connectivity index (χ0v) is 10.7. The van der Waals surface area contributed by atoms with Crippen LogP contribution in [0.25, 0.3) is 16.2 Å². The minimum atomic E-state index is 0.162. The van der Waals surface area contributed by atoms with E-state index in [1.165, 1.54) is 11.3 Å². The van der Waals surface area contributed by atoms with E-state index in [0.717, 1.165) is 10.4 Å². The minimum absolute atomic E-state index is 0.162. The maximum Gasteiger partial charge on any atom is 0.156 e. The van der Waals surface area contributed by atoms with Crippen LogP contribution in [0.3, 0.4) is 0 Å². The molecule has 0 saturated carbocycles. The molecule has 0 aliphatic rings. The molecule has 0 unspecified atom stereocenters. The monoisotopic (exact) mass is 284 g/mol. The summed E-state index contributed by atoms with van der Waals surface area (Å²) in [6.45, 7) is 0. The highest BCUT2D eigenvalue weighted by Gasteiger charge is 2.13. The van der Waals surface area contributed by atoms with Gasteiger partial charge in [0.1, 0.15) is 5.75 Å². The number of aromatic hydroxyl groups is 1. The Kier molecular flexibility index (Phi) is 2.50. The molecule has 3 heterocycles. The predicted octanol–water partition coefficient (Wildman–Crippen LogP) is 4.08. The molecule has 86 valence electrons. The lowest BCUT2D eigenvalue weighted by molar-refractivity contribution is 0.472. The van der Waals surface area contributed by atoms with Gasteiger partial charge in [-0.15, -0.1) is 11.3 Å². The molecule has 0 aliphatic carbocycles. The van der Waals surface area contributed by atoms with Gasteiger partial charge in [-0.2, -0.15) is 0 Å². The van der Waals surface area contributed by atoms with Gasteiger partial charge in [0.25, 0.3) is 0 Å². The lowest BCUT2D eigenvalue weighted by Crippen LogP contribution is -1.86. The molecule has 0 bridgehead atoms. The highest BCUT2D eigenvalue weighted by atomic mass is 35.5. The second-order valence-electron chi connectivity index (χ2n) is 3.47. The standard InChI is InChI=1S/C11H6Cl2N2OS/c12-9-4-3-8(17-9)11-14-10(13)7-2-1-6(16)5-15(7)11/h1-5,16H. The first-order valence-electron chi connectivity index (χ1n) is 4.77. The fourth-order valence-electron chi connectivity index (χ4n) is 1.65. The zero-order valence-electron chi connectivity index (χ0n) is 8.39. The van der Waals surface area contributed by atoms with E-state index in [0.29, 0.717) is 15.3 Å². The van der Waals surface area contributed by atoms with E-state index in [1.54, 1.807) is 28.8 Å². The van der Waals surface area contributed by atoms with Crippen molar-refractivity contribution in [3.8, 4) is 16.5 Å². The van der Waals surface area contributed by atoms with Crippen molar-refractivity contribution in [1.82, 2.24) is 9.38 Å². The predicted molar refractivity (Wildman–Crippen MR) is 70.2 cm³/mol. The number of imidazole rings is 1. The Morgan fingerprint density at radius 3 is 2.71 bits per heavy atom. The number of rotatable bonds is 1. The summed E-state index contributed by atoms with van der Waals surface area (Å²) in [6.07, 6.45) is 1.58. The number of fused-ring (bicyclic) bond motifs is 1. The van der Waals surface area contributed by atoms with Crippen molar-refractivity contribution in [2.45, 2.75) is 0 Å². The van der Waals surface area contributed by atoms with Crippen molar-refractivity contribution >= 4 is 40.1 Å². The fraction of sp³-hybridized carbons (Fsp3) is 0. The molecule has 3 aromatic rings. The minimum Gasteiger partial charge on any atom is -0.506 e. The maximum absolute atomic E-state index is 9.50. The maximum atomic E-state index is 9.50. The second kappa shape index (κ2) is 3.91. The summed E-state index contributed by atoms with van der Waals surface area (Å²) in [7, 11) is 0. The van der Waals surface area contributed by atoms with Crippen LogP contribution in [0.5, 0.6) is 5.75 Å². The Morgan fingerprint density at radius 2 is 2.00 bits per heavy atom. The van der Waals surface area contributed by atoms with Crippen molar-refractivity contribution in [3.63, 3.8) is 0 Å². The van der Waals surface area contributed by atoms with Crippen molar-refractivity contribution in [2.24, 2.45) is 0 Å². The van der Waals surface area contributed by atoms with E-state index in [4.69, 9.17) is 23.2 Å². The average Bonchev–Trinajstić information content (AvgIpc) is 2.83. The summed E-state index contributed by atoms with van der Waals surface area (Å²) in [5.74, 6) is 0.841. The van der Waals surface area contributed by atoms with Gasteiger partial charge in [0.15, 0.2) is 11.0 Å². The van der Waals surface area contributed by atoms with Crippen LogP contribution in [0.2, 0.25) is 9.49 Å². The molecule has 0 saturated heterocycles. The molecule has 6 heteroatoms. The lowest BCUT2D eigenvalue weighted by Gasteiger charge is -1.99. The molecule has 0 amide bonds. The molecule has 3 aromatic heterocycles. The van der Waals surface area contributed by atoms with Crippen molar-refractivity contribution in [3.05, 3.63) is 40.0 Å². The van der Waals surface area contributed by atoms with E-state index in [1.807, 2.05) is 6.07 Å². The quantitative estimate of drug-likeness (QED) is 0.731. The third kappa shape index (κ3) is 1.78. The normalized spacial score (nSPS) is 11.2. The molecule has 17 heavy (non-hydrogen) atoms. The Balaban J connectivity index is 2.33. The average molecular weight is 285 g/mol. The summed E-state index contributed by atoms with van der Waals surface area (Å²) < 4.78 is 2.44. The largest absolute Gasteiger partial charge is 0.506 e. The zero-order chi connectivity index (χ0) is 12.0. The molecule has 3 nitrogen and oxygen atoms in total. The lowest BCUT2D eigenvalue weighted by atomic mass is 10.4. The molecule has 0 fully saturated rings. The first-order chi connectivity index (χ1) is 8.15. The summed E-state index contributed by atoms with van der Waals surface area (Å²) in [5.41, 5.74) is 0.754. The van der Waals surface area contributed by atoms with Crippen LogP contribution in [0.15, 0.2) is 30.5 Å². The SMILES string of the molecule is Oc1ccc2c(Cl)nc(-c3ccc(Cl)s3)n2c1. The summed E-state index contributed by atoms with van der Waals surface area (Å²) >= 11 is 13.4. The third-order valence-electron chi connectivity index (χ3n) is 2.37. The van der Waals surface area contributed by atoms with Gasteiger partial charge in [0, 0.05) is 0 Å². The van der Waals surface area contributed by atoms with E-state index < -0.39 is 0 Å². The number of halogens is 2. The van der Waals surface area contributed by atoms with Crippen LogP contribution in [-0.4, -0.2) is 14.5 Å². The first-order valence-corrected chi connectivity index (χ1v) is 6.34. The smallest absolute Gasteiger partial charge is 0.156 e. The number of hydrogen-bond donors (Lipinski definition) is 1. The molecule has 0 spiro atoms. The molecule has 3 rings (SSSR count). The topological polar surface area (TPSA) is 37.5 Å². The third-order valence-corrected chi connectivity index (χ3v) is 3.88. The Bertz CT molecular complexity index is 705. The van der Waals surface area contributed by atoms with Crippen LogP contribution in [0.1, 0.15) is 0 Å². The van der Waals surface area contributed by atoms with Gasteiger partial charge < -0.3 is 5.11 Å². The van der Waals surface area contributed by atoms with E-state index >= 15 is 0 Å². The highest BCUT2D eigenvalue weighted by molar-refractivity contribution is 7.19. The van der Waals surface area contributed by atoms with E-state index in [-0.39, 0.29) is 5.75 Å². The van der Waals surface area contributed by atoms with E-state index in [9.17, 15) is 5.11 Å². The summed E-state index contributed by atoms with van der Waals surface area (Å²) in [4.78, 5) is 5.19. The fourth-order valence-corrected chi connectivity index (χ4v) is 2.91. The molecule has 0 aliphatic heterocycles. The summed E-state index contributed by atoms with van der Waals surface area (Å²) in [5, 5.41) is 9.91. The molecular formula is C11H6Cl2N2OS. The first kappa shape index (κ1) is 10.9. The van der Waals surface area contributed by atoms with E-state index in [2.05, 4.69) is 4.98 Å². The Morgan fingerprint density at radius 1 is 1.18 bits per heavy atom. The Hall–Kier alpha value is -1.23. The number of aromatic nitrogens is 2. The highest BCUT2D eigenvalue weighted by Crippen LogP contribution is 2.33. The van der Waals surface area contributed by atoms with Crippen LogP contribution < -0.4 is 0 Å². The molecule has 0 atom stereocenters. The van der Waals surface area contributed by atoms with Gasteiger partial charge in [-0.25, -0.2) is 4.98 Å². The van der Waals surface area contributed by atoms with Crippen LogP contribution in [0, 0.1) is 0 Å². The Labute approximate surface area is 111 Å². The molecule has 0 radical (unpaired) electrons. The molecular weight excluding hydrogens is 279 g/mol. The van der Waals surface area contributed by atoms with Gasteiger partial charge in [-0.1, -0.05) is 23.2 Å². The molecule has 1 N–H and O–H groups in total. The van der Waals surface area contributed by atoms with Crippen LogP contribution in [0.4, 0.5) is 0 Å². The van der Waals surface area contributed by atoms with Gasteiger partial charge in [0.2, 0.25) is 0 Å². The van der Waals surface area contributed by atoms with Crippen LogP contribution >= 0.6 is 34.5 Å². The second-order valence-corrected chi connectivity index (χ2v) is 5.55. The van der Waals surface area contributed by atoms with Gasteiger partial charge in [-0.05, 0) is 24.3 Å². The van der Waals surface area contributed by atoms with Gasteiger partial charge in [0.05, 0.1) is 20.9 Å². The van der Waals surface area contributed by atoms with Crippen molar-refractivity contribution in [1.29, 1.82) is 0 Å². The number of thiophene rings is 1. The number of pyridine rings is 1. The number of nitrogens with zero attached hydrogens (tertiary/aromatic N) is 2. The summed E-state index contributed by atoms with van der Waals surface area (Å²) in [6, 6.07) is 6.99. The van der Waals surface area contributed by atoms with Crippen molar-refractivity contribution < 1.29 is 5.11 Å². The molecule has 0 aromatic carbocycles. The number of hydrogen-bond acceptors (Lipinski definition) is 3. The van der Waals surface area contributed by atoms with Gasteiger partial charge in [-0.3, -0.25) is 4.40 Å². The van der Waals surface area contributed by atoms with Crippen molar-refractivity contribution in [2.75, 3.05) is 0 Å². The van der Waals surface area contributed by atoms with Crippen LogP contribution in [-0.2, 0) is 0 Å². The van der Waals surface area contributed by atoms with Gasteiger partial charge >= 0.3 is 0 Å².